The summed E-state index contributed by atoms with van der Waals surface area (Å²) in [5.41, 5.74) is 3.59. The Kier molecular flexibility index (Phi) is 7.34. The van der Waals surface area contributed by atoms with Crippen LogP contribution in [0.2, 0.25) is 0 Å². The number of nitrogens with one attached hydrogen (secondary N) is 2. The van der Waals surface area contributed by atoms with Gasteiger partial charge in [0, 0.05) is 12.1 Å². The van der Waals surface area contributed by atoms with Crippen molar-refractivity contribution in [3.63, 3.8) is 0 Å². The van der Waals surface area contributed by atoms with Crippen LogP contribution in [0.3, 0.4) is 0 Å². The van der Waals surface area contributed by atoms with Crippen molar-refractivity contribution < 1.29 is 16.8 Å². The average Bonchev–Trinajstić information content (AvgIpc) is 2.62. The van der Waals surface area contributed by atoms with E-state index in [0.29, 0.717) is 25.7 Å². The van der Waals surface area contributed by atoms with Crippen molar-refractivity contribution in [2.24, 2.45) is 0 Å². The maximum atomic E-state index is 12.5. The smallest absolute Gasteiger partial charge is 0.212 e. The zero-order valence-corrected chi connectivity index (χ0v) is 19.1. The molecule has 2 aromatic carbocycles. The summed E-state index contributed by atoms with van der Waals surface area (Å²) >= 11 is 0. The molecule has 2 N–H and O–H groups in total. The van der Waals surface area contributed by atoms with Crippen LogP contribution < -0.4 is 9.44 Å². The number of hydrogen-bond acceptors (Lipinski definition) is 4. The summed E-state index contributed by atoms with van der Waals surface area (Å²) in [6, 6.07) is 14.6. The van der Waals surface area contributed by atoms with E-state index in [9.17, 15) is 16.8 Å². The summed E-state index contributed by atoms with van der Waals surface area (Å²) in [5, 5.41) is 0. The molecule has 2 aromatic rings. The predicted octanol–water partition coefficient (Wildman–Crippen LogP) is 3.15. The molecule has 0 spiro atoms. The highest BCUT2D eigenvalue weighted by Crippen LogP contribution is 2.21. The number of aryl methyl sites for hydroxylation is 2. The van der Waals surface area contributed by atoms with Crippen LogP contribution in [0.5, 0.6) is 0 Å². The van der Waals surface area contributed by atoms with Crippen LogP contribution in [0.1, 0.15) is 47.9 Å². The Labute approximate surface area is 180 Å². The molecule has 0 unspecified atom stereocenters. The van der Waals surface area contributed by atoms with Gasteiger partial charge in [-0.1, -0.05) is 59.7 Å². The van der Waals surface area contributed by atoms with E-state index in [2.05, 4.69) is 9.44 Å². The molecule has 1 fully saturated rings. The van der Waals surface area contributed by atoms with E-state index in [1.54, 1.807) is 0 Å². The Bertz CT molecular complexity index is 986. The predicted molar refractivity (Wildman–Crippen MR) is 120 cm³/mol. The van der Waals surface area contributed by atoms with Crippen molar-refractivity contribution in [1.82, 2.24) is 9.44 Å². The molecular weight excluding hydrogens is 420 g/mol. The van der Waals surface area contributed by atoms with Crippen molar-refractivity contribution >= 4 is 20.0 Å². The summed E-state index contributed by atoms with van der Waals surface area (Å²) in [5.74, 6) is -0.0878. The lowest BCUT2D eigenvalue weighted by atomic mass is 9.92. The number of sulfonamides is 2. The number of rotatable bonds is 8. The van der Waals surface area contributed by atoms with E-state index in [1.165, 1.54) is 0 Å². The molecule has 0 heterocycles. The van der Waals surface area contributed by atoms with Gasteiger partial charge in [-0.2, -0.15) is 0 Å². The van der Waals surface area contributed by atoms with Crippen molar-refractivity contribution in [3.05, 3.63) is 70.8 Å². The second-order valence-corrected chi connectivity index (χ2v) is 11.8. The van der Waals surface area contributed by atoms with Crippen LogP contribution in [0.15, 0.2) is 48.5 Å². The van der Waals surface area contributed by atoms with Gasteiger partial charge in [-0.3, -0.25) is 0 Å². The summed E-state index contributed by atoms with van der Waals surface area (Å²) < 4.78 is 55.6. The number of benzene rings is 2. The largest absolute Gasteiger partial charge is 0.216 e. The van der Waals surface area contributed by atoms with Gasteiger partial charge in [0.1, 0.15) is 0 Å². The third kappa shape index (κ3) is 7.19. The van der Waals surface area contributed by atoms with Gasteiger partial charge in [0.2, 0.25) is 20.0 Å². The Morgan fingerprint density at radius 2 is 1.07 bits per heavy atom. The van der Waals surface area contributed by atoms with E-state index >= 15 is 0 Å². The highest BCUT2D eigenvalue weighted by atomic mass is 32.2. The normalized spacial score (nSPS) is 20.2. The van der Waals surface area contributed by atoms with Gasteiger partial charge >= 0.3 is 0 Å². The van der Waals surface area contributed by atoms with Gasteiger partial charge < -0.3 is 0 Å². The summed E-state index contributed by atoms with van der Waals surface area (Å²) in [6.45, 7) is 3.87. The molecule has 0 saturated heterocycles. The van der Waals surface area contributed by atoms with Crippen molar-refractivity contribution in [3.8, 4) is 0 Å². The van der Waals surface area contributed by atoms with Gasteiger partial charge in [0.25, 0.3) is 0 Å². The zero-order valence-electron chi connectivity index (χ0n) is 17.5. The first-order chi connectivity index (χ1) is 14.1. The fourth-order valence-electron chi connectivity index (χ4n) is 3.96. The first-order valence-electron chi connectivity index (χ1n) is 10.2. The highest BCUT2D eigenvalue weighted by Gasteiger charge is 2.27. The lowest BCUT2D eigenvalue weighted by molar-refractivity contribution is 0.355. The van der Waals surface area contributed by atoms with Crippen LogP contribution in [0.25, 0.3) is 0 Å². The van der Waals surface area contributed by atoms with Crippen LogP contribution in [-0.4, -0.2) is 28.9 Å². The molecule has 1 aliphatic rings. The third-order valence-corrected chi connectivity index (χ3v) is 8.11. The molecule has 6 nitrogen and oxygen atoms in total. The molecule has 0 amide bonds. The lowest BCUT2D eigenvalue weighted by Gasteiger charge is -2.29. The minimum atomic E-state index is -3.44. The molecule has 0 aliphatic heterocycles. The fraction of sp³-hybridized carbons (Fsp3) is 0.455. The van der Waals surface area contributed by atoms with Gasteiger partial charge in [-0.05, 0) is 50.7 Å². The SMILES string of the molecule is Cc1cccc(CS(=O)(=O)NC2CCC(NS(=O)(=O)Cc3cccc(C)c3)CC2)c1. The quantitative estimate of drug-likeness (QED) is 0.646. The van der Waals surface area contributed by atoms with Gasteiger partial charge in [-0.15, -0.1) is 0 Å². The van der Waals surface area contributed by atoms with Crippen molar-refractivity contribution in [2.75, 3.05) is 0 Å². The molecule has 0 radical (unpaired) electrons. The van der Waals surface area contributed by atoms with E-state index in [-0.39, 0.29) is 23.6 Å². The minimum absolute atomic E-state index is 0.0439. The van der Waals surface area contributed by atoms with Gasteiger partial charge in [0.05, 0.1) is 11.5 Å². The zero-order chi connectivity index (χ0) is 21.8. The molecule has 8 heteroatoms. The first-order valence-corrected chi connectivity index (χ1v) is 13.5. The maximum Gasteiger partial charge on any atom is 0.216 e. The molecule has 0 bridgehead atoms. The molecule has 30 heavy (non-hydrogen) atoms. The molecule has 164 valence electrons. The van der Waals surface area contributed by atoms with Crippen LogP contribution >= 0.6 is 0 Å². The molecule has 0 aromatic heterocycles. The molecule has 1 saturated carbocycles. The second kappa shape index (κ2) is 9.60. The van der Waals surface area contributed by atoms with Crippen LogP contribution in [0.4, 0.5) is 0 Å². The molecule has 3 rings (SSSR count). The average molecular weight is 451 g/mol. The maximum absolute atomic E-state index is 12.5. The molecule has 1 aliphatic carbocycles. The first kappa shape index (κ1) is 22.9. The van der Waals surface area contributed by atoms with E-state index in [0.717, 1.165) is 22.3 Å². The van der Waals surface area contributed by atoms with Gasteiger partial charge in [0.15, 0.2) is 0 Å². The topological polar surface area (TPSA) is 92.3 Å². The summed E-state index contributed by atoms with van der Waals surface area (Å²) in [6.07, 6.45) is 2.46. The number of hydrogen-bond donors (Lipinski definition) is 2. The van der Waals surface area contributed by atoms with Crippen molar-refractivity contribution in [2.45, 2.75) is 63.1 Å². The van der Waals surface area contributed by atoms with Crippen LogP contribution in [-0.2, 0) is 31.6 Å². The summed E-state index contributed by atoms with van der Waals surface area (Å²) in [7, 11) is -6.87. The molecule has 0 atom stereocenters. The molecular formula is C22H30N2O4S2. The van der Waals surface area contributed by atoms with Gasteiger partial charge in [-0.25, -0.2) is 26.3 Å². The highest BCUT2D eigenvalue weighted by molar-refractivity contribution is 7.89. The van der Waals surface area contributed by atoms with Crippen LogP contribution in [0, 0.1) is 13.8 Å². The minimum Gasteiger partial charge on any atom is -0.212 e. The van der Waals surface area contributed by atoms with E-state index in [4.69, 9.17) is 0 Å². The Morgan fingerprint density at radius 1 is 0.700 bits per heavy atom. The van der Waals surface area contributed by atoms with Crippen molar-refractivity contribution in [1.29, 1.82) is 0 Å². The van der Waals surface area contributed by atoms with E-state index < -0.39 is 20.0 Å². The Balaban J connectivity index is 1.49. The summed E-state index contributed by atoms with van der Waals surface area (Å²) in [4.78, 5) is 0. The van der Waals surface area contributed by atoms with E-state index in [1.807, 2.05) is 62.4 Å². The second-order valence-electron chi connectivity index (χ2n) is 8.28. The fourth-order valence-corrected chi connectivity index (χ4v) is 6.85. The Hall–Kier alpha value is -1.74. The third-order valence-electron chi connectivity index (χ3n) is 5.30. The Morgan fingerprint density at radius 3 is 1.40 bits per heavy atom. The monoisotopic (exact) mass is 450 g/mol. The lowest BCUT2D eigenvalue weighted by Crippen LogP contribution is -2.44. The standard InChI is InChI=1S/C22H30N2O4S2/c1-17-5-3-7-19(13-17)15-29(25,26)23-21-9-11-22(12-10-21)24-30(27,28)16-20-8-4-6-18(2)14-20/h3-8,13-14,21-24H,9-12,15-16H2,1-2H3.